The molecule has 0 aliphatic carbocycles. The van der Waals surface area contributed by atoms with Crippen molar-refractivity contribution < 1.29 is 0 Å². The molecule has 0 radical (unpaired) electrons. The molecule has 4 aromatic rings. The molecule has 2 aromatic heterocycles. The molecule has 21 heavy (non-hydrogen) atoms. The first kappa shape index (κ1) is 11.7. The summed E-state index contributed by atoms with van der Waals surface area (Å²) in [4.78, 5) is 4.80. The van der Waals surface area contributed by atoms with Gasteiger partial charge in [-0.1, -0.05) is 24.3 Å². The summed E-state index contributed by atoms with van der Waals surface area (Å²) in [7, 11) is 0. The van der Waals surface area contributed by atoms with Gasteiger partial charge < -0.3 is 4.40 Å². The lowest BCUT2D eigenvalue weighted by atomic mass is 10.1. The van der Waals surface area contributed by atoms with Gasteiger partial charge in [0.15, 0.2) is 0 Å². The average Bonchev–Trinajstić information content (AvgIpc) is 3.04. The predicted octanol–water partition coefficient (Wildman–Crippen LogP) is 4.03. The number of hydrogen-bond donors (Lipinski definition) is 0. The maximum absolute atomic E-state index is 8.91. The normalized spacial score (nSPS) is 10.8. The monoisotopic (exact) mass is 269 g/mol. The van der Waals surface area contributed by atoms with Crippen molar-refractivity contribution in [1.82, 2.24) is 9.38 Å². The van der Waals surface area contributed by atoms with Gasteiger partial charge in [0.2, 0.25) is 0 Å². The number of benzene rings is 2. The number of hydrogen-bond acceptors (Lipinski definition) is 2. The highest BCUT2D eigenvalue weighted by Gasteiger charge is 2.09. The van der Waals surface area contributed by atoms with Gasteiger partial charge in [-0.25, -0.2) is 4.98 Å². The molecule has 0 atom stereocenters. The molecule has 4 rings (SSSR count). The summed E-state index contributed by atoms with van der Waals surface area (Å²) in [5.41, 5.74) is 5.73. The molecule has 0 amide bonds. The van der Waals surface area contributed by atoms with Crippen LogP contribution in [0.2, 0.25) is 0 Å². The molecule has 0 aliphatic rings. The Labute approximate surface area is 121 Å². The van der Waals surface area contributed by atoms with Crippen LogP contribution >= 0.6 is 0 Å². The first-order chi connectivity index (χ1) is 10.4. The molecular weight excluding hydrogens is 258 g/mol. The van der Waals surface area contributed by atoms with E-state index in [1.807, 2.05) is 54.7 Å². The summed E-state index contributed by atoms with van der Waals surface area (Å²) in [6, 6.07) is 21.9. The van der Waals surface area contributed by atoms with Gasteiger partial charge in [0, 0.05) is 11.8 Å². The van der Waals surface area contributed by atoms with E-state index >= 15 is 0 Å². The smallest absolute Gasteiger partial charge is 0.0991 e. The SMILES string of the molecule is N#Cc1ccc(-c2nc3ccccc3n3cccc23)cc1. The van der Waals surface area contributed by atoms with Gasteiger partial charge in [-0.3, -0.25) is 0 Å². The number of fused-ring (bicyclic) bond motifs is 3. The van der Waals surface area contributed by atoms with Crippen molar-refractivity contribution in [3.63, 3.8) is 0 Å². The Kier molecular flexibility index (Phi) is 2.48. The highest BCUT2D eigenvalue weighted by atomic mass is 14.9. The van der Waals surface area contributed by atoms with E-state index in [1.54, 1.807) is 0 Å². The van der Waals surface area contributed by atoms with Crippen molar-refractivity contribution in [1.29, 1.82) is 5.26 Å². The molecule has 0 saturated carbocycles. The second-order valence-corrected chi connectivity index (χ2v) is 4.90. The largest absolute Gasteiger partial charge is 0.313 e. The van der Waals surface area contributed by atoms with Gasteiger partial charge in [-0.2, -0.15) is 5.26 Å². The quantitative estimate of drug-likeness (QED) is 0.523. The lowest BCUT2D eigenvalue weighted by Crippen LogP contribution is -1.94. The van der Waals surface area contributed by atoms with E-state index in [0.717, 1.165) is 27.8 Å². The van der Waals surface area contributed by atoms with Gasteiger partial charge in [-0.05, 0) is 36.4 Å². The van der Waals surface area contributed by atoms with Crippen LogP contribution < -0.4 is 0 Å². The van der Waals surface area contributed by atoms with E-state index in [-0.39, 0.29) is 0 Å². The molecule has 0 N–H and O–H groups in total. The van der Waals surface area contributed by atoms with Crippen molar-refractivity contribution in [2.24, 2.45) is 0 Å². The van der Waals surface area contributed by atoms with Crippen LogP contribution in [0.15, 0.2) is 66.9 Å². The highest BCUT2D eigenvalue weighted by molar-refractivity contribution is 5.87. The lowest BCUT2D eigenvalue weighted by Gasteiger charge is -2.08. The van der Waals surface area contributed by atoms with E-state index in [1.165, 1.54) is 0 Å². The second kappa shape index (κ2) is 4.46. The Morgan fingerprint density at radius 3 is 2.43 bits per heavy atom. The summed E-state index contributed by atoms with van der Waals surface area (Å²) < 4.78 is 2.15. The fraction of sp³-hybridized carbons (Fsp3) is 0. The molecule has 2 heterocycles. The van der Waals surface area contributed by atoms with Crippen LogP contribution in [0.3, 0.4) is 0 Å². The first-order valence-corrected chi connectivity index (χ1v) is 6.73. The summed E-state index contributed by atoms with van der Waals surface area (Å²) in [6.45, 7) is 0. The van der Waals surface area contributed by atoms with Crippen LogP contribution in [0.25, 0.3) is 27.8 Å². The maximum Gasteiger partial charge on any atom is 0.0991 e. The first-order valence-electron chi connectivity index (χ1n) is 6.73. The van der Waals surface area contributed by atoms with Crippen molar-refractivity contribution in [3.8, 4) is 17.3 Å². The van der Waals surface area contributed by atoms with Gasteiger partial charge in [0.05, 0.1) is 33.9 Å². The summed E-state index contributed by atoms with van der Waals surface area (Å²) >= 11 is 0. The van der Waals surface area contributed by atoms with Gasteiger partial charge in [0.25, 0.3) is 0 Å². The number of rotatable bonds is 1. The minimum atomic E-state index is 0.658. The number of para-hydroxylation sites is 2. The summed E-state index contributed by atoms with van der Waals surface area (Å²) in [5, 5.41) is 8.91. The predicted molar refractivity (Wildman–Crippen MR) is 82.8 cm³/mol. The van der Waals surface area contributed by atoms with Crippen LogP contribution in [-0.4, -0.2) is 9.38 Å². The zero-order chi connectivity index (χ0) is 14.2. The fourth-order valence-electron chi connectivity index (χ4n) is 2.64. The van der Waals surface area contributed by atoms with E-state index in [4.69, 9.17) is 10.2 Å². The van der Waals surface area contributed by atoms with Crippen LogP contribution in [0.4, 0.5) is 0 Å². The zero-order valence-electron chi connectivity index (χ0n) is 11.2. The Bertz CT molecular complexity index is 989. The molecule has 0 unspecified atom stereocenters. The Morgan fingerprint density at radius 2 is 1.62 bits per heavy atom. The topological polar surface area (TPSA) is 41.1 Å². The molecule has 0 spiro atoms. The van der Waals surface area contributed by atoms with E-state index in [2.05, 4.69) is 22.6 Å². The highest BCUT2D eigenvalue weighted by Crippen LogP contribution is 2.27. The second-order valence-electron chi connectivity index (χ2n) is 4.90. The van der Waals surface area contributed by atoms with Crippen molar-refractivity contribution >= 4 is 16.6 Å². The number of nitriles is 1. The molecule has 0 fully saturated rings. The fourth-order valence-corrected chi connectivity index (χ4v) is 2.64. The van der Waals surface area contributed by atoms with E-state index in [9.17, 15) is 0 Å². The Morgan fingerprint density at radius 1 is 0.857 bits per heavy atom. The molecule has 2 aromatic carbocycles. The van der Waals surface area contributed by atoms with Gasteiger partial charge >= 0.3 is 0 Å². The average molecular weight is 269 g/mol. The van der Waals surface area contributed by atoms with E-state index in [0.29, 0.717) is 5.56 Å². The number of aromatic nitrogens is 2. The Hall–Kier alpha value is -3.12. The minimum Gasteiger partial charge on any atom is -0.313 e. The van der Waals surface area contributed by atoms with Crippen molar-refractivity contribution in [2.75, 3.05) is 0 Å². The third-order valence-corrected chi connectivity index (χ3v) is 3.65. The van der Waals surface area contributed by atoms with E-state index < -0.39 is 0 Å². The molecule has 98 valence electrons. The van der Waals surface area contributed by atoms with Gasteiger partial charge in [-0.15, -0.1) is 0 Å². The van der Waals surface area contributed by atoms with Crippen LogP contribution in [-0.2, 0) is 0 Å². The van der Waals surface area contributed by atoms with Crippen molar-refractivity contribution in [2.45, 2.75) is 0 Å². The Balaban J connectivity index is 2.06. The lowest BCUT2D eigenvalue weighted by molar-refractivity contribution is 1.23. The molecular formula is C18H11N3. The molecule has 3 nitrogen and oxygen atoms in total. The van der Waals surface area contributed by atoms with Crippen molar-refractivity contribution in [3.05, 3.63) is 72.4 Å². The third kappa shape index (κ3) is 1.78. The van der Waals surface area contributed by atoms with Gasteiger partial charge in [0.1, 0.15) is 0 Å². The summed E-state index contributed by atoms with van der Waals surface area (Å²) in [5.74, 6) is 0. The molecule has 0 saturated heterocycles. The molecule has 0 aliphatic heterocycles. The van der Waals surface area contributed by atoms with Crippen LogP contribution in [0.1, 0.15) is 5.56 Å². The standard InChI is InChI=1S/C18H11N3/c19-12-13-7-9-14(10-8-13)18-17-6-3-11-21(17)16-5-2-1-4-15(16)20-18/h1-11H. The molecule has 0 bridgehead atoms. The minimum absolute atomic E-state index is 0.658. The maximum atomic E-state index is 8.91. The number of nitrogens with zero attached hydrogens (tertiary/aromatic N) is 3. The zero-order valence-corrected chi connectivity index (χ0v) is 11.2. The molecule has 3 heteroatoms. The summed E-state index contributed by atoms with van der Waals surface area (Å²) in [6.07, 6.45) is 2.05. The van der Waals surface area contributed by atoms with Crippen LogP contribution in [0, 0.1) is 11.3 Å². The van der Waals surface area contributed by atoms with Crippen LogP contribution in [0.5, 0.6) is 0 Å². The third-order valence-electron chi connectivity index (χ3n) is 3.65.